The largest absolute Gasteiger partial charge is 0.460 e. The van der Waals surface area contributed by atoms with Crippen molar-refractivity contribution >= 4 is 11.9 Å². The van der Waals surface area contributed by atoms with Gasteiger partial charge in [-0.3, -0.25) is 14.5 Å². The molecule has 5 rings (SSSR count). The minimum absolute atomic E-state index is 0.00660. The molecule has 0 amide bonds. The van der Waals surface area contributed by atoms with Crippen LogP contribution in [0.1, 0.15) is 83.3 Å². The minimum Gasteiger partial charge on any atom is -0.460 e. The second-order valence-electron chi connectivity index (χ2n) is 11.8. The molecule has 0 spiro atoms. The van der Waals surface area contributed by atoms with Crippen LogP contribution in [0.4, 0.5) is 0 Å². The third-order valence-electron chi connectivity index (χ3n) is 7.94. The summed E-state index contributed by atoms with van der Waals surface area (Å²) in [5.41, 5.74) is 1.41. The molecule has 3 saturated heterocycles. The molecule has 4 fully saturated rings. The van der Waals surface area contributed by atoms with Crippen molar-refractivity contribution in [3.63, 3.8) is 0 Å². The number of rotatable bonds is 9. The van der Waals surface area contributed by atoms with E-state index < -0.39 is 11.0 Å². The highest BCUT2D eigenvalue weighted by atomic mass is 16.6. The zero-order valence-electron chi connectivity index (χ0n) is 21.9. The number of carbonyl (C=O) groups is 2. The Morgan fingerprint density at radius 2 is 1.86 bits per heavy atom. The number of fused-ring (bicyclic) bond motifs is 3. The van der Waals surface area contributed by atoms with Gasteiger partial charge >= 0.3 is 11.9 Å². The van der Waals surface area contributed by atoms with E-state index in [0.29, 0.717) is 5.92 Å². The molecule has 0 unspecified atom stereocenters. The number of benzene rings is 1. The molecule has 6 heteroatoms. The lowest BCUT2D eigenvalue weighted by atomic mass is 9.69. The molecule has 1 N–H and O–H groups in total. The zero-order chi connectivity index (χ0) is 24.9. The van der Waals surface area contributed by atoms with Crippen LogP contribution < -0.4 is 5.32 Å². The molecule has 1 atom stereocenters. The molecule has 1 aromatic carbocycles. The Bertz CT molecular complexity index is 864. The van der Waals surface area contributed by atoms with E-state index in [4.69, 9.17) is 9.47 Å². The minimum atomic E-state index is -0.505. The summed E-state index contributed by atoms with van der Waals surface area (Å²) in [4.78, 5) is 28.1. The van der Waals surface area contributed by atoms with Crippen molar-refractivity contribution in [2.75, 3.05) is 32.7 Å². The molecule has 35 heavy (non-hydrogen) atoms. The molecule has 2 bridgehead atoms. The van der Waals surface area contributed by atoms with E-state index in [9.17, 15) is 9.59 Å². The molecule has 3 heterocycles. The van der Waals surface area contributed by atoms with Crippen LogP contribution in [0.15, 0.2) is 24.3 Å². The van der Waals surface area contributed by atoms with E-state index in [-0.39, 0.29) is 24.6 Å². The monoisotopic (exact) mass is 484 g/mol. The summed E-state index contributed by atoms with van der Waals surface area (Å²) in [7, 11) is 0. The Balaban J connectivity index is 1.35. The first-order chi connectivity index (χ1) is 16.7. The van der Waals surface area contributed by atoms with Crippen LogP contribution in [0.5, 0.6) is 0 Å². The number of aryl methyl sites for hydroxylation is 1. The van der Waals surface area contributed by atoms with E-state index in [1.165, 1.54) is 12.0 Å². The topological polar surface area (TPSA) is 67.9 Å². The van der Waals surface area contributed by atoms with Crippen LogP contribution in [0, 0.1) is 5.92 Å². The normalized spacial score (nSPS) is 25.7. The lowest BCUT2D eigenvalue weighted by Gasteiger charge is -2.45. The van der Waals surface area contributed by atoms with Crippen LogP contribution in [0.2, 0.25) is 0 Å². The molecule has 1 aromatic rings. The number of esters is 2. The van der Waals surface area contributed by atoms with Crippen LogP contribution in [0.3, 0.4) is 0 Å². The first kappa shape index (κ1) is 26.2. The molecular formula is C29H44N2O4. The molecule has 1 aliphatic carbocycles. The third kappa shape index (κ3) is 6.85. The first-order valence-electron chi connectivity index (χ1n) is 13.7. The molecule has 194 valence electrons. The van der Waals surface area contributed by atoms with Gasteiger partial charge in [0.05, 0.1) is 12.0 Å². The maximum Gasteiger partial charge on any atom is 0.320 e. The fourth-order valence-corrected chi connectivity index (χ4v) is 6.07. The summed E-state index contributed by atoms with van der Waals surface area (Å²) in [5.74, 6) is 0.316. The predicted molar refractivity (Wildman–Crippen MR) is 137 cm³/mol. The third-order valence-corrected chi connectivity index (χ3v) is 7.94. The van der Waals surface area contributed by atoms with Gasteiger partial charge in [0.15, 0.2) is 0 Å². The number of carbonyl (C=O) groups excluding carboxylic acids is 2. The number of nitrogens with zero attached hydrogens (tertiary/aromatic N) is 1. The van der Waals surface area contributed by atoms with E-state index >= 15 is 0 Å². The second kappa shape index (κ2) is 11.4. The van der Waals surface area contributed by atoms with Gasteiger partial charge in [-0.25, -0.2) is 0 Å². The molecule has 4 aliphatic rings. The lowest BCUT2D eigenvalue weighted by Crippen LogP contribution is -2.53. The molecular weight excluding hydrogens is 440 g/mol. The Kier molecular flexibility index (Phi) is 8.54. The van der Waals surface area contributed by atoms with Gasteiger partial charge in [0.2, 0.25) is 0 Å². The Morgan fingerprint density at radius 3 is 2.51 bits per heavy atom. The maximum atomic E-state index is 13.7. The van der Waals surface area contributed by atoms with Crippen molar-refractivity contribution in [3.8, 4) is 0 Å². The number of piperidine rings is 3. The summed E-state index contributed by atoms with van der Waals surface area (Å²) >= 11 is 0. The quantitative estimate of drug-likeness (QED) is 0.414. The van der Waals surface area contributed by atoms with Crippen LogP contribution >= 0.6 is 0 Å². The highest BCUT2D eigenvalue weighted by Gasteiger charge is 2.45. The van der Waals surface area contributed by atoms with E-state index in [2.05, 4.69) is 34.5 Å². The van der Waals surface area contributed by atoms with Crippen molar-refractivity contribution in [1.29, 1.82) is 0 Å². The first-order valence-corrected chi connectivity index (χ1v) is 13.7. The number of hydrogen-bond donors (Lipinski definition) is 1. The highest BCUT2D eigenvalue weighted by molar-refractivity contribution is 5.83. The van der Waals surface area contributed by atoms with Crippen molar-refractivity contribution in [3.05, 3.63) is 35.4 Å². The number of hydrogen-bond acceptors (Lipinski definition) is 6. The van der Waals surface area contributed by atoms with Gasteiger partial charge < -0.3 is 14.8 Å². The molecule has 0 aromatic heterocycles. The van der Waals surface area contributed by atoms with E-state index in [1.54, 1.807) is 0 Å². The SMILES string of the molecule is CC(C)(C)OC(=O)CNCCCc1cccc(C2(C(=O)O[C@H]3CN4CCC3CC4)CCCCC2)c1. The van der Waals surface area contributed by atoms with Gasteiger partial charge in [-0.1, -0.05) is 43.5 Å². The van der Waals surface area contributed by atoms with Crippen molar-refractivity contribution in [1.82, 2.24) is 10.2 Å². The molecule has 6 nitrogen and oxygen atoms in total. The van der Waals surface area contributed by atoms with Gasteiger partial charge in [-0.15, -0.1) is 0 Å². The number of ether oxygens (including phenoxy) is 2. The molecule has 3 aliphatic heterocycles. The predicted octanol–water partition coefficient (Wildman–Crippen LogP) is 4.39. The fraction of sp³-hybridized carbons (Fsp3) is 0.724. The molecule has 0 radical (unpaired) electrons. The fourth-order valence-electron chi connectivity index (χ4n) is 6.07. The standard InChI is InChI=1S/C29H44N2O4/c1-28(2,3)35-26(32)20-30-16-8-10-22-9-7-11-24(19-22)29(14-5-4-6-15-29)27(33)34-25-21-31-17-12-23(25)13-18-31/h7,9,11,19,23,25,30H,4-6,8,10,12-18,20-21H2,1-3H3/t25-/m0/s1. The van der Waals surface area contributed by atoms with Gasteiger partial charge in [-0.05, 0) is 96.0 Å². The van der Waals surface area contributed by atoms with Crippen LogP contribution in [0.25, 0.3) is 0 Å². The second-order valence-corrected chi connectivity index (χ2v) is 11.8. The summed E-state index contributed by atoms with van der Waals surface area (Å²) < 4.78 is 11.6. The lowest BCUT2D eigenvalue weighted by molar-refractivity contribution is -0.167. The van der Waals surface area contributed by atoms with Crippen molar-refractivity contribution in [2.45, 2.75) is 95.7 Å². The zero-order valence-corrected chi connectivity index (χ0v) is 21.9. The van der Waals surface area contributed by atoms with Gasteiger partial charge in [-0.2, -0.15) is 0 Å². The molecule has 1 saturated carbocycles. The Hall–Kier alpha value is -1.92. The van der Waals surface area contributed by atoms with Gasteiger partial charge in [0, 0.05) is 6.54 Å². The average Bonchev–Trinajstić information content (AvgIpc) is 2.84. The van der Waals surface area contributed by atoms with Crippen molar-refractivity contribution < 1.29 is 19.1 Å². The maximum absolute atomic E-state index is 13.7. The number of nitrogens with one attached hydrogen (secondary N) is 1. The highest BCUT2D eigenvalue weighted by Crippen LogP contribution is 2.42. The van der Waals surface area contributed by atoms with Crippen molar-refractivity contribution in [2.24, 2.45) is 5.92 Å². The average molecular weight is 485 g/mol. The van der Waals surface area contributed by atoms with E-state index in [1.807, 2.05) is 20.8 Å². The summed E-state index contributed by atoms with van der Waals surface area (Å²) in [6.07, 6.45) is 9.30. The van der Waals surface area contributed by atoms with Crippen LogP contribution in [-0.4, -0.2) is 61.3 Å². The van der Waals surface area contributed by atoms with Gasteiger partial charge in [0.1, 0.15) is 11.7 Å². The summed E-state index contributed by atoms with van der Waals surface area (Å²) in [6.45, 7) is 9.82. The van der Waals surface area contributed by atoms with E-state index in [0.717, 1.165) is 83.1 Å². The Labute approximate surface area is 211 Å². The smallest absolute Gasteiger partial charge is 0.320 e. The van der Waals surface area contributed by atoms with Gasteiger partial charge in [0.25, 0.3) is 0 Å². The summed E-state index contributed by atoms with van der Waals surface area (Å²) in [5, 5.41) is 3.19. The summed E-state index contributed by atoms with van der Waals surface area (Å²) in [6, 6.07) is 8.60. The van der Waals surface area contributed by atoms with Crippen LogP contribution in [-0.2, 0) is 30.9 Å². The Morgan fingerprint density at radius 1 is 1.11 bits per heavy atom.